The van der Waals surface area contributed by atoms with Crippen molar-refractivity contribution >= 4 is 0 Å². The van der Waals surface area contributed by atoms with Crippen LogP contribution in [0.5, 0.6) is 5.75 Å². The molecule has 0 bridgehead atoms. The third-order valence-electron chi connectivity index (χ3n) is 3.39. The van der Waals surface area contributed by atoms with Crippen LogP contribution in [0, 0.1) is 5.92 Å². The van der Waals surface area contributed by atoms with Gasteiger partial charge in [0.15, 0.2) is 0 Å². The molecule has 0 radical (unpaired) electrons. The average molecular weight is 221 g/mol. The quantitative estimate of drug-likeness (QED) is 0.800. The third kappa shape index (κ3) is 3.53. The summed E-state index contributed by atoms with van der Waals surface area (Å²) in [6.45, 7) is 7.17. The molecule has 1 atom stereocenters. The fourth-order valence-electron chi connectivity index (χ4n) is 1.75. The van der Waals surface area contributed by atoms with Crippen molar-refractivity contribution in [1.29, 1.82) is 0 Å². The first-order chi connectivity index (χ1) is 7.58. The molecule has 1 unspecified atom stereocenters. The van der Waals surface area contributed by atoms with E-state index in [2.05, 4.69) is 20.8 Å². The molecule has 0 aromatic heterocycles. The van der Waals surface area contributed by atoms with Gasteiger partial charge in [-0.3, -0.25) is 0 Å². The number of ether oxygens (including phenoxy) is 1. The van der Waals surface area contributed by atoms with Gasteiger partial charge >= 0.3 is 0 Å². The SMILES string of the molecule is CCC(N)(CCOc1ccccc1)C(C)C. The van der Waals surface area contributed by atoms with E-state index in [9.17, 15) is 0 Å². The maximum atomic E-state index is 6.32. The van der Waals surface area contributed by atoms with E-state index in [4.69, 9.17) is 10.5 Å². The minimum atomic E-state index is -0.102. The molecule has 1 aromatic carbocycles. The van der Waals surface area contributed by atoms with Crippen molar-refractivity contribution in [2.45, 2.75) is 39.2 Å². The number of benzene rings is 1. The van der Waals surface area contributed by atoms with E-state index in [0.29, 0.717) is 12.5 Å². The molecule has 0 aliphatic carbocycles. The molecule has 0 saturated carbocycles. The van der Waals surface area contributed by atoms with Gasteiger partial charge in [-0.1, -0.05) is 39.0 Å². The van der Waals surface area contributed by atoms with Gasteiger partial charge in [-0.25, -0.2) is 0 Å². The zero-order valence-corrected chi connectivity index (χ0v) is 10.6. The van der Waals surface area contributed by atoms with Crippen molar-refractivity contribution < 1.29 is 4.74 Å². The minimum Gasteiger partial charge on any atom is -0.494 e. The normalized spacial score (nSPS) is 14.8. The number of rotatable bonds is 6. The Hall–Kier alpha value is -1.02. The summed E-state index contributed by atoms with van der Waals surface area (Å²) in [5.41, 5.74) is 6.22. The van der Waals surface area contributed by atoms with Crippen LogP contribution in [0.2, 0.25) is 0 Å². The Labute approximate surface area is 98.8 Å². The predicted molar refractivity (Wildman–Crippen MR) is 68.6 cm³/mol. The average Bonchev–Trinajstić information content (AvgIpc) is 2.30. The van der Waals surface area contributed by atoms with Crippen molar-refractivity contribution in [3.8, 4) is 5.75 Å². The summed E-state index contributed by atoms with van der Waals surface area (Å²) in [7, 11) is 0. The van der Waals surface area contributed by atoms with Gasteiger partial charge in [-0.2, -0.15) is 0 Å². The van der Waals surface area contributed by atoms with E-state index < -0.39 is 0 Å². The molecule has 0 aliphatic rings. The Morgan fingerprint density at radius 2 is 1.88 bits per heavy atom. The largest absolute Gasteiger partial charge is 0.494 e. The third-order valence-corrected chi connectivity index (χ3v) is 3.39. The second-order valence-corrected chi connectivity index (χ2v) is 4.65. The summed E-state index contributed by atoms with van der Waals surface area (Å²) < 4.78 is 5.67. The van der Waals surface area contributed by atoms with Crippen LogP contribution in [0.3, 0.4) is 0 Å². The van der Waals surface area contributed by atoms with E-state index in [1.165, 1.54) is 0 Å². The van der Waals surface area contributed by atoms with Crippen LogP contribution in [-0.4, -0.2) is 12.1 Å². The number of hydrogen-bond donors (Lipinski definition) is 1. The van der Waals surface area contributed by atoms with Crippen LogP contribution in [0.4, 0.5) is 0 Å². The van der Waals surface area contributed by atoms with Crippen molar-refractivity contribution in [3.05, 3.63) is 30.3 Å². The van der Waals surface area contributed by atoms with Crippen molar-refractivity contribution in [1.82, 2.24) is 0 Å². The fourth-order valence-corrected chi connectivity index (χ4v) is 1.75. The Kier molecular flexibility index (Phi) is 4.81. The first-order valence-electron chi connectivity index (χ1n) is 6.05. The van der Waals surface area contributed by atoms with Crippen LogP contribution >= 0.6 is 0 Å². The highest BCUT2D eigenvalue weighted by atomic mass is 16.5. The smallest absolute Gasteiger partial charge is 0.119 e. The number of hydrogen-bond acceptors (Lipinski definition) is 2. The molecule has 2 nitrogen and oxygen atoms in total. The molecule has 1 rings (SSSR count). The molecule has 0 heterocycles. The van der Waals surface area contributed by atoms with Crippen LogP contribution in [0.15, 0.2) is 30.3 Å². The molecule has 0 spiro atoms. The molecule has 2 heteroatoms. The van der Waals surface area contributed by atoms with Gasteiger partial charge in [-0.05, 0) is 30.9 Å². The van der Waals surface area contributed by atoms with E-state index >= 15 is 0 Å². The Balaban J connectivity index is 2.40. The lowest BCUT2D eigenvalue weighted by Crippen LogP contribution is -2.45. The van der Waals surface area contributed by atoms with Gasteiger partial charge in [-0.15, -0.1) is 0 Å². The monoisotopic (exact) mass is 221 g/mol. The van der Waals surface area contributed by atoms with E-state index in [-0.39, 0.29) is 5.54 Å². The maximum Gasteiger partial charge on any atom is 0.119 e. The Morgan fingerprint density at radius 1 is 1.25 bits per heavy atom. The molecule has 0 fully saturated rings. The number of nitrogens with two attached hydrogens (primary N) is 1. The van der Waals surface area contributed by atoms with Crippen LogP contribution in [-0.2, 0) is 0 Å². The van der Waals surface area contributed by atoms with E-state index in [1.807, 2.05) is 30.3 Å². The van der Waals surface area contributed by atoms with Crippen LogP contribution in [0.25, 0.3) is 0 Å². The molecule has 16 heavy (non-hydrogen) atoms. The summed E-state index contributed by atoms with van der Waals surface area (Å²) in [6.07, 6.45) is 1.89. The highest BCUT2D eigenvalue weighted by Crippen LogP contribution is 2.22. The first-order valence-corrected chi connectivity index (χ1v) is 6.05. The molecule has 2 N–H and O–H groups in total. The summed E-state index contributed by atoms with van der Waals surface area (Å²) in [5.74, 6) is 1.40. The Bertz CT molecular complexity index is 297. The summed E-state index contributed by atoms with van der Waals surface area (Å²) in [5, 5.41) is 0. The lowest BCUT2D eigenvalue weighted by Gasteiger charge is -2.32. The molecular weight excluding hydrogens is 198 g/mol. The van der Waals surface area contributed by atoms with Gasteiger partial charge in [0, 0.05) is 5.54 Å². The summed E-state index contributed by atoms with van der Waals surface area (Å²) >= 11 is 0. The second kappa shape index (κ2) is 5.90. The zero-order chi connectivity index (χ0) is 12.0. The highest BCUT2D eigenvalue weighted by molar-refractivity contribution is 5.20. The van der Waals surface area contributed by atoms with E-state index in [0.717, 1.165) is 18.6 Å². The van der Waals surface area contributed by atoms with Crippen molar-refractivity contribution in [2.75, 3.05) is 6.61 Å². The maximum absolute atomic E-state index is 6.32. The first kappa shape index (κ1) is 13.0. The van der Waals surface area contributed by atoms with Crippen molar-refractivity contribution in [3.63, 3.8) is 0 Å². The molecule has 0 saturated heterocycles. The van der Waals surface area contributed by atoms with Gasteiger partial charge in [0.1, 0.15) is 5.75 Å². The summed E-state index contributed by atoms with van der Waals surface area (Å²) in [4.78, 5) is 0. The summed E-state index contributed by atoms with van der Waals surface area (Å²) in [6, 6.07) is 9.89. The molecule has 0 amide bonds. The fraction of sp³-hybridized carbons (Fsp3) is 0.571. The molecule has 90 valence electrons. The van der Waals surface area contributed by atoms with Gasteiger partial charge in [0.25, 0.3) is 0 Å². The second-order valence-electron chi connectivity index (χ2n) is 4.65. The van der Waals surface area contributed by atoms with Gasteiger partial charge in [0.05, 0.1) is 6.61 Å². The lowest BCUT2D eigenvalue weighted by atomic mass is 9.82. The Morgan fingerprint density at radius 3 is 2.38 bits per heavy atom. The van der Waals surface area contributed by atoms with Crippen LogP contribution < -0.4 is 10.5 Å². The molecule has 1 aromatic rings. The van der Waals surface area contributed by atoms with Crippen LogP contribution in [0.1, 0.15) is 33.6 Å². The van der Waals surface area contributed by atoms with Crippen molar-refractivity contribution in [2.24, 2.45) is 11.7 Å². The van der Waals surface area contributed by atoms with Gasteiger partial charge < -0.3 is 10.5 Å². The van der Waals surface area contributed by atoms with Gasteiger partial charge in [0.2, 0.25) is 0 Å². The topological polar surface area (TPSA) is 35.2 Å². The number of para-hydroxylation sites is 1. The lowest BCUT2D eigenvalue weighted by molar-refractivity contribution is 0.210. The minimum absolute atomic E-state index is 0.102. The molecular formula is C14H23NO. The highest BCUT2D eigenvalue weighted by Gasteiger charge is 2.26. The molecule has 0 aliphatic heterocycles. The standard InChI is InChI=1S/C14H23NO/c1-4-14(15,12(2)3)10-11-16-13-8-6-5-7-9-13/h5-9,12H,4,10-11,15H2,1-3H3. The van der Waals surface area contributed by atoms with E-state index in [1.54, 1.807) is 0 Å². The zero-order valence-electron chi connectivity index (χ0n) is 10.6. The predicted octanol–water partition coefficient (Wildman–Crippen LogP) is 3.22.